The molecule has 4 nitrogen and oxygen atoms in total. The maximum Gasteiger partial charge on any atom is 0.119 e. The molecule has 0 radical (unpaired) electrons. The molecule has 2 aliphatic rings. The lowest BCUT2D eigenvalue weighted by Crippen LogP contribution is -2.46. The van der Waals surface area contributed by atoms with Gasteiger partial charge >= 0.3 is 0 Å². The normalized spacial score (nSPS) is 25.6. The number of ether oxygens (including phenoxy) is 2. The predicted molar refractivity (Wildman–Crippen MR) is 84.1 cm³/mol. The average Bonchev–Trinajstić information content (AvgIpc) is 2.99. The molecule has 0 saturated carbocycles. The number of nitrogens with zero attached hydrogens (tertiary/aromatic N) is 1. The summed E-state index contributed by atoms with van der Waals surface area (Å²) >= 11 is 0. The Bertz CT molecular complexity index is 435. The third-order valence-electron chi connectivity index (χ3n) is 4.58. The van der Waals surface area contributed by atoms with E-state index in [4.69, 9.17) is 9.47 Å². The minimum absolute atomic E-state index is 0.700. The zero-order valence-corrected chi connectivity index (χ0v) is 12.9. The second-order valence-electron chi connectivity index (χ2n) is 5.92. The summed E-state index contributed by atoms with van der Waals surface area (Å²) in [6.45, 7) is 8.04. The highest BCUT2D eigenvalue weighted by Crippen LogP contribution is 2.26. The van der Waals surface area contributed by atoms with E-state index >= 15 is 0 Å². The van der Waals surface area contributed by atoms with Crippen molar-refractivity contribution >= 4 is 0 Å². The summed E-state index contributed by atoms with van der Waals surface area (Å²) in [4.78, 5) is 2.60. The highest BCUT2D eigenvalue weighted by Gasteiger charge is 2.34. The lowest BCUT2D eigenvalue weighted by atomic mass is 9.92. The first-order chi connectivity index (χ1) is 10.4. The van der Waals surface area contributed by atoms with Crippen LogP contribution in [0.3, 0.4) is 0 Å². The van der Waals surface area contributed by atoms with Crippen LogP contribution in [0, 0.1) is 5.92 Å². The van der Waals surface area contributed by atoms with Gasteiger partial charge in [-0.3, -0.25) is 4.90 Å². The quantitative estimate of drug-likeness (QED) is 0.870. The Hall–Kier alpha value is -1.26. The number of likely N-dealkylation sites (tertiary alicyclic amines) is 1. The van der Waals surface area contributed by atoms with Gasteiger partial charge in [-0.25, -0.2) is 0 Å². The average molecular weight is 290 g/mol. The van der Waals surface area contributed by atoms with Gasteiger partial charge in [-0.1, -0.05) is 0 Å². The second kappa shape index (κ2) is 7.14. The second-order valence-corrected chi connectivity index (χ2v) is 5.92. The fraction of sp³-hybridized carbons (Fsp3) is 0.647. The molecule has 2 unspecified atom stereocenters. The van der Waals surface area contributed by atoms with Crippen molar-refractivity contribution in [3.05, 3.63) is 24.3 Å². The molecule has 21 heavy (non-hydrogen) atoms. The number of nitrogens with one attached hydrogen (secondary N) is 1. The number of hydrogen-bond donors (Lipinski definition) is 1. The Morgan fingerprint density at radius 1 is 1.14 bits per heavy atom. The third-order valence-corrected chi connectivity index (χ3v) is 4.58. The standard InChI is InChI=1S/C17H26N2O2/c1-2-20-15-5-7-16(8-6-15)21-11-10-19-9-3-4-14-12-18-13-17(14)19/h5-8,14,17-18H,2-4,9-13H2,1H3. The van der Waals surface area contributed by atoms with E-state index in [0.29, 0.717) is 6.61 Å². The Morgan fingerprint density at radius 3 is 2.67 bits per heavy atom. The van der Waals surface area contributed by atoms with Gasteiger partial charge in [-0.15, -0.1) is 0 Å². The van der Waals surface area contributed by atoms with Crippen LogP contribution in [0.5, 0.6) is 11.5 Å². The molecule has 2 heterocycles. The summed E-state index contributed by atoms with van der Waals surface area (Å²) in [6, 6.07) is 8.64. The van der Waals surface area contributed by atoms with E-state index in [9.17, 15) is 0 Å². The van der Waals surface area contributed by atoms with Crippen molar-refractivity contribution in [3.8, 4) is 11.5 Å². The first kappa shape index (κ1) is 14.7. The van der Waals surface area contributed by atoms with Crippen molar-refractivity contribution in [1.82, 2.24) is 10.2 Å². The Labute approximate surface area is 127 Å². The molecule has 0 aliphatic carbocycles. The fourth-order valence-corrected chi connectivity index (χ4v) is 3.52. The van der Waals surface area contributed by atoms with Crippen molar-refractivity contribution in [2.24, 2.45) is 5.92 Å². The van der Waals surface area contributed by atoms with E-state index in [1.54, 1.807) is 0 Å². The summed E-state index contributed by atoms with van der Waals surface area (Å²) in [5.74, 6) is 2.68. The molecular formula is C17H26N2O2. The molecule has 1 N–H and O–H groups in total. The van der Waals surface area contributed by atoms with Crippen molar-refractivity contribution in [3.63, 3.8) is 0 Å². The van der Waals surface area contributed by atoms with E-state index in [-0.39, 0.29) is 0 Å². The molecule has 0 bridgehead atoms. The van der Waals surface area contributed by atoms with Crippen LogP contribution < -0.4 is 14.8 Å². The van der Waals surface area contributed by atoms with Crippen molar-refractivity contribution < 1.29 is 9.47 Å². The molecule has 2 atom stereocenters. The number of benzene rings is 1. The Balaban J connectivity index is 1.45. The highest BCUT2D eigenvalue weighted by molar-refractivity contribution is 5.31. The van der Waals surface area contributed by atoms with Gasteiger partial charge in [0.2, 0.25) is 0 Å². The molecule has 2 aliphatic heterocycles. The van der Waals surface area contributed by atoms with Gasteiger partial charge < -0.3 is 14.8 Å². The van der Waals surface area contributed by atoms with Gasteiger partial charge in [-0.05, 0) is 63.0 Å². The molecule has 0 aromatic heterocycles. The Morgan fingerprint density at radius 2 is 1.90 bits per heavy atom. The maximum atomic E-state index is 5.87. The third kappa shape index (κ3) is 3.69. The number of fused-ring (bicyclic) bond motifs is 1. The fourth-order valence-electron chi connectivity index (χ4n) is 3.52. The lowest BCUT2D eigenvalue weighted by molar-refractivity contribution is 0.105. The highest BCUT2D eigenvalue weighted by atomic mass is 16.5. The molecule has 2 fully saturated rings. The molecule has 0 amide bonds. The largest absolute Gasteiger partial charge is 0.494 e. The van der Waals surface area contributed by atoms with Gasteiger partial charge in [0.25, 0.3) is 0 Å². The van der Waals surface area contributed by atoms with Gasteiger partial charge in [0.05, 0.1) is 6.61 Å². The van der Waals surface area contributed by atoms with Crippen LogP contribution in [0.2, 0.25) is 0 Å². The van der Waals surface area contributed by atoms with Crippen molar-refractivity contribution in [2.45, 2.75) is 25.8 Å². The van der Waals surface area contributed by atoms with Crippen molar-refractivity contribution in [2.75, 3.05) is 39.4 Å². The summed E-state index contributed by atoms with van der Waals surface area (Å²) in [6.07, 6.45) is 2.71. The lowest BCUT2D eigenvalue weighted by Gasteiger charge is -2.36. The first-order valence-corrected chi connectivity index (χ1v) is 8.17. The zero-order valence-electron chi connectivity index (χ0n) is 12.9. The van der Waals surface area contributed by atoms with Gasteiger partial charge in [-0.2, -0.15) is 0 Å². The number of piperidine rings is 1. The molecule has 0 spiro atoms. The molecule has 3 rings (SSSR count). The summed E-state index contributed by atoms with van der Waals surface area (Å²) in [7, 11) is 0. The minimum atomic E-state index is 0.700. The molecule has 4 heteroatoms. The van der Waals surface area contributed by atoms with E-state index in [1.165, 1.54) is 25.9 Å². The van der Waals surface area contributed by atoms with Crippen LogP contribution in [-0.2, 0) is 0 Å². The number of hydrogen-bond acceptors (Lipinski definition) is 4. The summed E-state index contributed by atoms with van der Waals surface area (Å²) in [5, 5.41) is 3.52. The zero-order chi connectivity index (χ0) is 14.5. The maximum absolute atomic E-state index is 5.87. The SMILES string of the molecule is CCOc1ccc(OCCN2CCCC3CNCC32)cc1. The minimum Gasteiger partial charge on any atom is -0.494 e. The topological polar surface area (TPSA) is 33.7 Å². The molecule has 116 valence electrons. The molecule has 1 aromatic rings. The van der Waals surface area contributed by atoms with E-state index in [0.717, 1.165) is 43.2 Å². The molecule has 1 aromatic carbocycles. The summed E-state index contributed by atoms with van der Waals surface area (Å²) < 4.78 is 11.3. The number of rotatable bonds is 6. The molecular weight excluding hydrogens is 264 g/mol. The van der Waals surface area contributed by atoms with Crippen LogP contribution in [-0.4, -0.2) is 50.3 Å². The van der Waals surface area contributed by atoms with Crippen LogP contribution in [0.25, 0.3) is 0 Å². The predicted octanol–water partition coefficient (Wildman–Crippen LogP) is 2.15. The summed E-state index contributed by atoms with van der Waals surface area (Å²) in [5.41, 5.74) is 0. The Kier molecular flexibility index (Phi) is 4.99. The van der Waals surface area contributed by atoms with Crippen LogP contribution in [0.4, 0.5) is 0 Å². The van der Waals surface area contributed by atoms with E-state index in [1.807, 2.05) is 31.2 Å². The van der Waals surface area contributed by atoms with Crippen LogP contribution in [0.15, 0.2) is 24.3 Å². The first-order valence-electron chi connectivity index (χ1n) is 8.17. The van der Waals surface area contributed by atoms with Crippen LogP contribution in [0.1, 0.15) is 19.8 Å². The van der Waals surface area contributed by atoms with Crippen molar-refractivity contribution in [1.29, 1.82) is 0 Å². The van der Waals surface area contributed by atoms with Gasteiger partial charge in [0, 0.05) is 19.1 Å². The van der Waals surface area contributed by atoms with E-state index in [2.05, 4.69) is 10.2 Å². The smallest absolute Gasteiger partial charge is 0.119 e. The monoisotopic (exact) mass is 290 g/mol. The van der Waals surface area contributed by atoms with Gasteiger partial charge in [0.15, 0.2) is 0 Å². The van der Waals surface area contributed by atoms with Gasteiger partial charge in [0.1, 0.15) is 18.1 Å². The van der Waals surface area contributed by atoms with Crippen LogP contribution >= 0.6 is 0 Å². The van der Waals surface area contributed by atoms with E-state index < -0.39 is 0 Å². The molecule has 2 saturated heterocycles.